The zero-order valence-corrected chi connectivity index (χ0v) is 13.6. The van der Waals surface area contributed by atoms with E-state index in [1.54, 1.807) is 0 Å². The number of benzene rings is 1. The second kappa shape index (κ2) is 7.08. The summed E-state index contributed by atoms with van der Waals surface area (Å²) < 4.78 is 5.08. The van der Waals surface area contributed by atoms with Gasteiger partial charge in [0.15, 0.2) is 0 Å². The van der Waals surface area contributed by atoms with Crippen molar-refractivity contribution in [3.8, 4) is 0 Å². The van der Waals surface area contributed by atoms with Crippen molar-refractivity contribution in [2.24, 2.45) is 11.8 Å². The number of nitrogens with zero attached hydrogens (tertiary/aromatic N) is 1. The minimum Gasteiger partial charge on any atom is -0.468 e. The lowest BCUT2D eigenvalue weighted by Gasteiger charge is -2.47. The van der Waals surface area contributed by atoms with Crippen LogP contribution in [-0.2, 0) is 16.1 Å². The Kier molecular flexibility index (Phi) is 5.40. The summed E-state index contributed by atoms with van der Waals surface area (Å²) in [6, 6.07) is 10.7. The molecule has 3 nitrogen and oxygen atoms in total. The molecule has 0 unspecified atom stereocenters. The molecule has 0 radical (unpaired) electrons. The second-order valence-corrected chi connectivity index (χ2v) is 6.29. The van der Waals surface area contributed by atoms with Crippen molar-refractivity contribution >= 4 is 5.97 Å². The van der Waals surface area contributed by atoms with E-state index in [-0.39, 0.29) is 12.0 Å². The van der Waals surface area contributed by atoms with Crippen molar-refractivity contribution in [2.45, 2.75) is 52.2 Å². The third-order valence-corrected chi connectivity index (χ3v) is 4.79. The Morgan fingerprint density at radius 2 is 1.90 bits per heavy atom. The maximum Gasteiger partial charge on any atom is 0.323 e. The fourth-order valence-electron chi connectivity index (χ4n) is 3.87. The van der Waals surface area contributed by atoms with Crippen molar-refractivity contribution in [3.63, 3.8) is 0 Å². The Hall–Kier alpha value is -1.35. The highest BCUT2D eigenvalue weighted by molar-refractivity contribution is 5.76. The summed E-state index contributed by atoms with van der Waals surface area (Å²) in [5, 5.41) is 0. The van der Waals surface area contributed by atoms with E-state index in [0.717, 1.165) is 19.4 Å². The third-order valence-electron chi connectivity index (χ3n) is 4.79. The van der Waals surface area contributed by atoms with Crippen LogP contribution in [0.1, 0.15) is 39.2 Å². The Bertz CT molecular complexity index is 460. The van der Waals surface area contributed by atoms with Gasteiger partial charge < -0.3 is 4.74 Å². The van der Waals surface area contributed by atoms with Crippen molar-refractivity contribution in [1.29, 1.82) is 0 Å². The van der Waals surface area contributed by atoms with Gasteiger partial charge in [0.2, 0.25) is 0 Å². The number of hydrogen-bond donors (Lipinski definition) is 0. The lowest BCUT2D eigenvalue weighted by atomic mass is 9.78. The molecular formula is C18H27NO2. The van der Waals surface area contributed by atoms with Gasteiger partial charge in [0.1, 0.15) is 6.04 Å². The number of ether oxygens (including phenoxy) is 1. The number of carbonyl (C=O) groups excluding carboxylic acids is 1. The Morgan fingerprint density at radius 3 is 2.48 bits per heavy atom. The molecule has 3 heteroatoms. The standard InChI is InChI=1S/C18H27NO2/c1-5-16-13(2)11-14(3)17(18(20)21-4)19(16)12-15-9-7-6-8-10-15/h6-10,13-14,16-17H,5,11-12H2,1-4H3/t13-,14-,16-,17+/m0/s1. The fourth-order valence-corrected chi connectivity index (χ4v) is 3.87. The summed E-state index contributed by atoms with van der Waals surface area (Å²) in [7, 11) is 1.49. The second-order valence-electron chi connectivity index (χ2n) is 6.29. The molecule has 0 saturated carbocycles. The lowest BCUT2D eigenvalue weighted by molar-refractivity contribution is -0.154. The minimum atomic E-state index is -0.128. The molecule has 1 fully saturated rings. The highest BCUT2D eigenvalue weighted by Gasteiger charge is 2.42. The predicted octanol–water partition coefficient (Wildman–Crippen LogP) is 3.48. The van der Waals surface area contributed by atoms with E-state index in [2.05, 4.69) is 49.9 Å². The number of methoxy groups -OCH3 is 1. The number of rotatable bonds is 4. The van der Waals surface area contributed by atoms with Crippen LogP contribution in [0.15, 0.2) is 30.3 Å². The molecule has 2 rings (SSSR count). The quantitative estimate of drug-likeness (QED) is 0.795. The van der Waals surface area contributed by atoms with Gasteiger partial charge in [0, 0.05) is 12.6 Å². The van der Waals surface area contributed by atoms with Crippen LogP contribution in [-0.4, -0.2) is 30.1 Å². The van der Waals surface area contributed by atoms with Gasteiger partial charge in [0.25, 0.3) is 0 Å². The van der Waals surface area contributed by atoms with Crippen LogP contribution in [0, 0.1) is 11.8 Å². The number of esters is 1. The minimum absolute atomic E-state index is 0.0937. The van der Waals surface area contributed by atoms with E-state index in [9.17, 15) is 4.79 Å². The van der Waals surface area contributed by atoms with Crippen LogP contribution in [0.5, 0.6) is 0 Å². The maximum atomic E-state index is 12.3. The predicted molar refractivity (Wildman–Crippen MR) is 84.8 cm³/mol. The van der Waals surface area contributed by atoms with Gasteiger partial charge >= 0.3 is 5.97 Å². The molecule has 0 aliphatic carbocycles. The normalized spacial score (nSPS) is 30.1. The highest BCUT2D eigenvalue weighted by atomic mass is 16.5. The van der Waals surface area contributed by atoms with E-state index >= 15 is 0 Å². The molecule has 4 atom stereocenters. The van der Waals surface area contributed by atoms with Gasteiger partial charge in [-0.1, -0.05) is 51.1 Å². The lowest BCUT2D eigenvalue weighted by Crippen LogP contribution is -2.56. The third kappa shape index (κ3) is 3.46. The van der Waals surface area contributed by atoms with Crippen LogP contribution in [0.2, 0.25) is 0 Å². The molecular weight excluding hydrogens is 262 g/mol. The molecule has 21 heavy (non-hydrogen) atoms. The molecule has 1 aromatic carbocycles. The summed E-state index contributed by atoms with van der Waals surface area (Å²) in [6.45, 7) is 7.50. The van der Waals surface area contributed by atoms with Crippen LogP contribution < -0.4 is 0 Å². The Labute approximate surface area is 128 Å². The zero-order valence-electron chi connectivity index (χ0n) is 13.6. The molecule has 1 heterocycles. The summed E-state index contributed by atoms with van der Waals surface area (Å²) in [5.74, 6) is 0.845. The van der Waals surface area contributed by atoms with E-state index in [4.69, 9.17) is 4.74 Å². The van der Waals surface area contributed by atoms with Crippen molar-refractivity contribution < 1.29 is 9.53 Å². The average molecular weight is 289 g/mol. The van der Waals surface area contributed by atoms with Gasteiger partial charge in [-0.25, -0.2) is 0 Å². The number of carbonyl (C=O) groups is 1. The average Bonchev–Trinajstić information content (AvgIpc) is 2.48. The van der Waals surface area contributed by atoms with Gasteiger partial charge in [-0.15, -0.1) is 0 Å². The van der Waals surface area contributed by atoms with Crippen LogP contribution in [0.3, 0.4) is 0 Å². The Balaban J connectivity index is 2.29. The van der Waals surface area contributed by atoms with Crippen LogP contribution in [0.25, 0.3) is 0 Å². The molecule has 116 valence electrons. The maximum absolute atomic E-state index is 12.3. The SMILES string of the molecule is CC[C@H]1[C@@H](C)C[C@H](C)[C@H](C(=O)OC)N1Cc1ccccc1. The zero-order chi connectivity index (χ0) is 15.4. The summed E-state index contributed by atoms with van der Waals surface area (Å²) in [6.07, 6.45) is 2.15. The number of piperidine rings is 1. The van der Waals surface area contributed by atoms with Crippen molar-refractivity contribution in [3.05, 3.63) is 35.9 Å². The first-order valence-electron chi connectivity index (χ1n) is 7.96. The topological polar surface area (TPSA) is 29.5 Å². The largest absolute Gasteiger partial charge is 0.468 e. The number of hydrogen-bond acceptors (Lipinski definition) is 3. The molecule has 1 aliphatic rings. The van der Waals surface area contributed by atoms with Crippen LogP contribution in [0.4, 0.5) is 0 Å². The first-order chi connectivity index (χ1) is 10.1. The van der Waals surface area contributed by atoms with E-state index in [1.165, 1.54) is 12.7 Å². The fraction of sp³-hybridized carbons (Fsp3) is 0.611. The molecule has 0 N–H and O–H groups in total. The molecule has 0 amide bonds. The van der Waals surface area contributed by atoms with Gasteiger partial charge in [-0.05, 0) is 30.2 Å². The van der Waals surface area contributed by atoms with E-state index in [1.807, 2.05) is 6.07 Å². The van der Waals surface area contributed by atoms with Gasteiger partial charge in [0.05, 0.1) is 7.11 Å². The smallest absolute Gasteiger partial charge is 0.323 e. The number of likely N-dealkylation sites (tertiary alicyclic amines) is 1. The molecule has 0 spiro atoms. The molecule has 0 aromatic heterocycles. The van der Waals surface area contributed by atoms with E-state index in [0.29, 0.717) is 17.9 Å². The van der Waals surface area contributed by atoms with Crippen molar-refractivity contribution in [2.75, 3.05) is 7.11 Å². The van der Waals surface area contributed by atoms with Crippen LogP contribution >= 0.6 is 0 Å². The Morgan fingerprint density at radius 1 is 1.24 bits per heavy atom. The first-order valence-corrected chi connectivity index (χ1v) is 7.96. The molecule has 0 bridgehead atoms. The molecule has 1 aliphatic heterocycles. The molecule has 1 aromatic rings. The monoisotopic (exact) mass is 289 g/mol. The van der Waals surface area contributed by atoms with E-state index < -0.39 is 0 Å². The first kappa shape index (κ1) is 16.0. The summed E-state index contributed by atoms with van der Waals surface area (Å²) in [4.78, 5) is 14.6. The molecule has 1 saturated heterocycles. The summed E-state index contributed by atoms with van der Waals surface area (Å²) in [5.41, 5.74) is 1.26. The van der Waals surface area contributed by atoms with Gasteiger partial charge in [-0.3, -0.25) is 9.69 Å². The van der Waals surface area contributed by atoms with Crippen molar-refractivity contribution in [1.82, 2.24) is 4.90 Å². The van der Waals surface area contributed by atoms with Gasteiger partial charge in [-0.2, -0.15) is 0 Å². The summed E-state index contributed by atoms with van der Waals surface area (Å²) >= 11 is 0. The highest BCUT2D eigenvalue weighted by Crippen LogP contribution is 2.35.